The number of amides is 1. The molecule has 438 valence electrons. The SMILES string of the molecule is CC(C)Oc1ccccc1[C@@H]1CN(Cc2ccc(F)c(F)c2)CCN1[C@H]1CC2(CCN(c3ccc(C(=O)NS(=O)(=O)c4cc5c(c([N+](=O)[O-])c4)N[C@H](C4CCOCC4)CO5)c(N4c5cc6cc[nH]c6nc5O[C@H]5COCC[C@@H]54)c3)CC2)[C@H]1C. The van der Waals surface area contributed by atoms with Crippen molar-refractivity contribution in [3.63, 3.8) is 0 Å². The van der Waals surface area contributed by atoms with Gasteiger partial charge in [-0.05, 0) is 124 Å². The summed E-state index contributed by atoms with van der Waals surface area (Å²) in [5.41, 5.74) is 4.13. The third kappa shape index (κ3) is 10.5. The van der Waals surface area contributed by atoms with Crippen LogP contribution in [0.15, 0.2) is 96.0 Å². The molecule has 1 saturated carbocycles. The normalized spacial score (nSPS) is 24.7. The molecule has 5 fully saturated rings. The third-order valence-electron chi connectivity index (χ3n) is 18.7. The second-order valence-corrected chi connectivity index (χ2v) is 25.4. The zero-order valence-electron chi connectivity index (χ0n) is 46.7. The Morgan fingerprint density at radius 2 is 1.72 bits per heavy atom. The van der Waals surface area contributed by atoms with Crippen molar-refractivity contribution in [2.75, 3.05) is 80.9 Å². The lowest BCUT2D eigenvalue weighted by molar-refractivity contribution is -0.384. The number of fused-ring (bicyclic) bond motifs is 4. The number of sulfonamides is 1. The zero-order chi connectivity index (χ0) is 57.3. The van der Waals surface area contributed by atoms with Crippen molar-refractivity contribution in [1.29, 1.82) is 0 Å². The van der Waals surface area contributed by atoms with Crippen LogP contribution in [0.25, 0.3) is 11.0 Å². The summed E-state index contributed by atoms with van der Waals surface area (Å²) in [7, 11) is -4.74. The molecule has 83 heavy (non-hydrogen) atoms. The van der Waals surface area contributed by atoms with Crippen LogP contribution in [0.3, 0.4) is 0 Å². The van der Waals surface area contributed by atoms with E-state index in [0.717, 1.165) is 92.3 Å². The number of nitrogens with one attached hydrogen (secondary N) is 3. The molecule has 1 amide bonds. The maximum Gasteiger partial charge on any atom is 0.297 e. The Balaban J connectivity index is 0.782. The number of pyridine rings is 1. The van der Waals surface area contributed by atoms with Gasteiger partial charge in [-0.1, -0.05) is 31.2 Å². The number of piperidine rings is 1. The summed E-state index contributed by atoms with van der Waals surface area (Å²) in [6.07, 6.45) is 6.20. The van der Waals surface area contributed by atoms with Crippen LogP contribution < -0.4 is 34.0 Å². The van der Waals surface area contributed by atoms with Crippen LogP contribution in [-0.2, 0) is 26.0 Å². The number of ether oxygens (including phenoxy) is 5. The highest BCUT2D eigenvalue weighted by molar-refractivity contribution is 7.90. The van der Waals surface area contributed by atoms with Crippen LogP contribution in [0.5, 0.6) is 17.4 Å². The van der Waals surface area contributed by atoms with E-state index < -0.39 is 49.2 Å². The molecule has 13 rings (SSSR count). The van der Waals surface area contributed by atoms with Gasteiger partial charge in [0.25, 0.3) is 21.6 Å². The highest BCUT2D eigenvalue weighted by Gasteiger charge is 2.56. The second kappa shape index (κ2) is 22.1. The van der Waals surface area contributed by atoms with Gasteiger partial charge in [0, 0.05) is 100 Å². The number of piperazine rings is 1. The first-order valence-corrected chi connectivity index (χ1v) is 30.5. The zero-order valence-corrected chi connectivity index (χ0v) is 47.5. The number of H-pyrrole nitrogens is 1. The van der Waals surface area contributed by atoms with E-state index in [9.17, 15) is 32.1 Å². The van der Waals surface area contributed by atoms with Gasteiger partial charge in [-0.3, -0.25) is 24.7 Å². The molecule has 4 saturated heterocycles. The van der Waals surface area contributed by atoms with E-state index in [0.29, 0.717) is 74.2 Å². The summed E-state index contributed by atoms with van der Waals surface area (Å²) in [6.45, 7) is 12.7. The van der Waals surface area contributed by atoms with Crippen LogP contribution in [0, 0.1) is 39.0 Å². The lowest BCUT2D eigenvalue weighted by Crippen LogP contribution is -2.64. The largest absolute Gasteiger partial charge is 0.491 e. The number of nitrogens with zero attached hydrogens (tertiary/aromatic N) is 6. The third-order valence-corrected chi connectivity index (χ3v) is 20.0. The lowest BCUT2D eigenvalue weighted by Gasteiger charge is -2.62. The van der Waals surface area contributed by atoms with E-state index >= 15 is 0 Å². The van der Waals surface area contributed by atoms with Crippen molar-refractivity contribution in [1.82, 2.24) is 24.5 Å². The Labute approximate surface area is 480 Å². The molecular weight excluding hydrogens is 1090 g/mol. The van der Waals surface area contributed by atoms with Gasteiger partial charge in [-0.2, -0.15) is 4.98 Å². The second-order valence-electron chi connectivity index (χ2n) is 23.8. The number of halogens is 2. The van der Waals surface area contributed by atoms with Crippen molar-refractivity contribution < 1.29 is 50.6 Å². The molecule has 0 radical (unpaired) electrons. The van der Waals surface area contributed by atoms with Gasteiger partial charge in [0.1, 0.15) is 29.8 Å². The van der Waals surface area contributed by atoms with Gasteiger partial charge >= 0.3 is 0 Å². The predicted molar refractivity (Wildman–Crippen MR) is 307 cm³/mol. The Kier molecular flexibility index (Phi) is 14.7. The van der Waals surface area contributed by atoms with Gasteiger partial charge in [-0.25, -0.2) is 21.9 Å². The number of hydrogen-bond acceptors (Lipinski definition) is 16. The van der Waals surface area contributed by atoms with Crippen LogP contribution in [0.2, 0.25) is 0 Å². The number of nitro groups is 1. The molecule has 6 aliphatic heterocycles. The molecule has 1 aliphatic carbocycles. The fourth-order valence-electron chi connectivity index (χ4n) is 14.2. The standard InChI is InChI=1S/C61H69F2N9O10S/c1-36(2)81-54-7-5-4-6-43(54)53-33-68(32-38-8-11-45(62)46(63)26-38)21-22-70(53)52-31-61(37(52)3)16-19-69(20-17-61)41-9-10-44(49(28-41)71-48-15-25-79-35-56(48)82-60-51(71)27-40-12-18-64-58(40)66-60)59(73)67-83(76,77)42-29-50(72(74)75)57-55(30-42)80-34-47(65-57)39-13-23-78-24-14-39/h4-12,18,26-30,36-37,39,47-48,52-53,56,65H,13-17,19-25,31-35H2,1-3H3,(H,64,66)(H,67,73)/t37-,47-,48-,52-,53-,56-/m0/s1. The highest BCUT2D eigenvalue weighted by atomic mass is 32.2. The Bertz CT molecular complexity index is 3580. The van der Waals surface area contributed by atoms with Gasteiger partial charge in [0.15, 0.2) is 23.1 Å². The first-order valence-electron chi connectivity index (χ1n) is 29.0. The minimum absolute atomic E-state index is 0.000351. The molecule has 4 aromatic carbocycles. The Hall–Kier alpha value is -7.11. The Morgan fingerprint density at radius 1 is 0.916 bits per heavy atom. The molecule has 1 spiro atoms. The van der Waals surface area contributed by atoms with Crippen molar-refractivity contribution in [2.24, 2.45) is 17.3 Å². The van der Waals surface area contributed by atoms with E-state index in [-0.39, 0.29) is 65.8 Å². The topological polar surface area (TPSA) is 206 Å². The average molecular weight is 1160 g/mol. The van der Waals surface area contributed by atoms with E-state index in [1.165, 1.54) is 18.2 Å². The van der Waals surface area contributed by atoms with Crippen molar-refractivity contribution in [3.8, 4) is 17.4 Å². The molecule has 3 N–H and O–H groups in total. The number of aromatic nitrogens is 2. The molecule has 2 aromatic heterocycles. The minimum atomic E-state index is -4.74. The van der Waals surface area contributed by atoms with E-state index in [1.54, 1.807) is 18.3 Å². The number of para-hydroxylation sites is 1. The summed E-state index contributed by atoms with van der Waals surface area (Å²) in [5, 5.41) is 16.7. The predicted octanol–water partition coefficient (Wildman–Crippen LogP) is 9.50. The number of rotatable bonds is 13. The number of carbonyl (C=O) groups excluding carboxylic acids is 1. The number of hydrogen-bond donors (Lipinski definition) is 3. The first-order chi connectivity index (χ1) is 40.1. The van der Waals surface area contributed by atoms with Gasteiger partial charge in [0.2, 0.25) is 5.88 Å². The molecule has 19 nitrogen and oxygen atoms in total. The van der Waals surface area contributed by atoms with E-state index in [1.807, 2.05) is 50.2 Å². The maximum atomic E-state index is 15.0. The number of nitro benzene ring substituents is 1. The Morgan fingerprint density at radius 3 is 2.51 bits per heavy atom. The minimum Gasteiger partial charge on any atom is -0.491 e. The monoisotopic (exact) mass is 1160 g/mol. The summed E-state index contributed by atoms with van der Waals surface area (Å²) in [6, 6.07) is 23.7. The molecule has 0 unspecified atom stereocenters. The van der Waals surface area contributed by atoms with E-state index in [2.05, 4.69) is 53.7 Å². The number of carbonyl (C=O) groups is 1. The molecule has 22 heteroatoms. The van der Waals surface area contributed by atoms with Gasteiger partial charge in [0.05, 0.1) is 51.9 Å². The van der Waals surface area contributed by atoms with E-state index in [4.69, 9.17) is 28.7 Å². The quantitative estimate of drug-likeness (QED) is 0.0727. The number of anilines is 4. The van der Waals surface area contributed by atoms with Crippen molar-refractivity contribution in [2.45, 2.75) is 107 Å². The highest BCUT2D eigenvalue weighted by Crippen LogP contribution is 2.58. The summed E-state index contributed by atoms with van der Waals surface area (Å²) >= 11 is 0. The molecule has 7 aliphatic rings. The molecular formula is C61H69F2N9O10S. The van der Waals surface area contributed by atoms with Crippen LogP contribution in [-0.4, -0.2) is 135 Å². The fourth-order valence-corrected chi connectivity index (χ4v) is 15.2. The molecule has 0 bridgehead atoms. The summed E-state index contributed by atoms with van der Waals surface area (Å²) in [5.74, 6) is -0.930. The average Bonchev–Trinajstić information content (AvgIpc) is 4.15. The van der Waals surface area contributed by atoms with Crippen molar-refractivity contribution in [3.05, 3.63) is 130 Å². The fraction of sp³-hybridized carbons (Fsp3) is 0.475. The first kappa shape index (κ1) is 55.1. The summed E-state index contributed by atoms with van der Waals surface area (Å²) in [4.78, 5) is 43.8. The lowest BCUT2D eigenvalue weighted by atomic mass is 9.53. The van der Waals surface area contributed by atoms with Crippen LogP contribution >= 0.6 is 0 Å². The van der Waals surface area contributed by atoms with Crippen LogP contribution in [0.4, 0.5) is 37.2 Å². The maximum absolute atomic E-state index is 15.0. The molecule has 6 atom stereocenters. The van der Waals surface area contributed by atoms with Gasteiger partial charge in [-0.15, -0.1) is 0 Å². The molecule has 8 heterocycles. The smallest absolute Gasteiger partial charge is 0.297 e. The number of aromatic amines is 1. The summed E-state index contributed by atoms with van der Waals surface area (Å²) < 4.78 is 90.1. The van der Waals surface area contributed by atoms with Crippen LogP contribution in [0.1, 0.15) is 86.8 Å². The molecule has 6 aromatic rings. The number of benzene rings is 4. The van der Waals surface area contributed by atoms with Gasteiger partial charge < -0.3 is 43.8 Å². The van der Waals surface area contributed by atoms with Crippen molar-refractivity contribution >= 4 is 55.4 Å².